The summed E-state index contributed by atoms with van der Waals surface area (Å²) in [6.45, 7) is -0.951. The molecule has 45 heavy (non-hydrogen) atoms. The number of nitrogens with zero attached hydrogens (tertiary/aromatic N) is 2. The summed E-state index contributed by atoms with van der Waals surface area (Å²) in [5.74, 6) is -4.33. The van der Waals surface area contributed by atoms with Gasteiger partial charge in [-0.15, -0.1) is 0 Å². The van der Waals surface area contributed by atoms with Crippen molar-refractivity contribution in [3.63, 3.8) is 0 Å². The number of hydrogen-bond acceptors (Lipinski definition) is 9. The Labute approximate surface area is 253 Å². The highest BCUT2D eigenvalue weighted by atomic mass is 19.4. The van der Waals surface area contributed by atoms with E-state index in [1.54, 1.807) is 10.6 Å². The van der Waals surface area contributed by atoms with Gasteiger partial charge in [0.25, 0.3) is 5.69 Å². The van der Waals surface area contributed by atoms with Gasteiger partial charge in [0.2, 0.25) is 0 Å². The molecule has 254 valence electrons. The van der Waals surface area contributed by atoms with Gasteiger partial charge in [-0.25, -0.2) is 4.79 Å². The molecule has 3 amide bonds. The summed E-state index contributed by atoms with van der Waals surface area (Å²) < 4.78 is 96.5. The van der Waals surface area contributed by atoms with Crippen LogP contribution in [0.2, 0.25) is 0 Å². The van der Waals surface area contributed by atoms with Gasteiger partial charge in [0.1, 0.15) is 12.4 Å². The van der Waals surface area contributed by atoms with Crippen LogP contribution >= 0.6 is 0 Å². The van der Waals surface area contributed by atoms with Crippen molar-refractivity contribution in [1.82, 2.24) is 15.5 Å². The van der Waals surface area contributed by atoms with Gasteiger partial charge in [-0.3, -0.25) is 19.7 Å². The first kappa shape index (κ1) is 37.3. The zero-order valence-corrected chi connectivity index (χ0v) is 24.0. The topological polar surface area (TPSA) is 159 Å². The van der Waals surface area contributed by atoms with Gasteiger partial charge in [-0.05, 0) is 38.2 Å². The fourth-order valence-corrected chi connectivity index (χ4v) is 3.88. The van der Waals surface area contributed by atoms with Crippen LogP contribution in [0.5, 0.6) is 5.75 Å². The van der Waals surface area contributed by atoms with Gasteiger partial charge in [-0.2, -0.15) is 26.3 Å². The van der Waals surface area contributed by atoms with Gasteiger partial charge in [0.15, 0.2) is 6.29 Å². The van der Waals surface area contributed by atoms with Crippen molar-refractivity contribution in [2.45, 2.75) is 63.8 Å². The maximum atomic E-state index is 12.8. The summed E-state index contributed by atoms with van der Waals surface area (Å²) in [6, 6.07) is 3.60. The number of nitro groups is 1. The molecule has 1 saturated heterocycles. The zero-order valence-electron chi connectivity index (χ0n) is 24.0. The first-order valence-electron chi connectivity index (χ1n) is 13.9. The second-order valence-corrected chi connectivity index (χ2v) is 9.67. The predicted octanol–water partition coefficient (Wildman–Crippen LogP) is 3.98. The summed E-state index contributed by atoms with van der Waals surface area (Å²) in [5.41, 5.74) is -0.0596. The maximum Gasteiger partial charge on any atom is 0.471 e. The van der Waals surface area contributed by atoms with E-state index in [2.05, 4.69) is 0 Å². The number of non-ortho nitro benzene ring substituents is 1. The van der Waals surface area contributed by atoms with Gasteiger partial charge in [-0.1, -0.05) is 0 Å². The Morgan fingerprint density at radius 2 is 1.58 bits per heavy atom. The molecule has 0 saturated carbocycles. The SMILES string of the molecule is O=C(OCc1ccc([N+](=O)[O-])cc1OCCCOC1CCCCO1)N(CCCNC(=O)C(F)(F)F)CCCNC(=O)C(F)(F)F. The number of ether oxygens (including phenoxy) is 4. The molecule has 1 aliphatic heterocycles. The average molecular weight is 661 g/mol. The van der Waals surface area contributed by atoms with Crippen LogP contribution in [0.4, 0.5) is 36.8 Å². The molecule has 0 aromatic heterocycles. The lowest BCUT2D eigenvalue weighted by Crippen LogP contribution is -2.41. The molecule has 0 spiro atoms. The molecule has 1 unspecified atom stereocenters. The van der Waals surface area contributed by atoms with Crippen molar-refractivity contribution in [3.05, 3.63) is 33.9 Å². The molecule has 0 bridgehead atoms. The smallest absolute Gasteiger partial charge is 0.471 e. The standard InChI is InChI=1S/C26H34F6N4O9/c27-25(28,29)22(37)33-9-3-11-35(12-4-10-34-23(38)26(30,31)32)24(39)45-17-18-7-8-19(36(40)41)16-20(18)42-14-5-15-44-21-6-1-2-13-43-21/h7-8,16,21H,1-6,9-15,17H2,(H,33,37)(H,34,38). The Bertz CT molecular complexity index is 1100. The minimum atomic E-state index is -5.11. The van der Waals surface area contributed by atoms with Crippen molar-refractivity contribution in [2.75, 3.05) is 46.0 Å². The number of amides is 3. The lowest BCUT2D eigenvalue weighted by molar-refractivity contribution is -0.385. The van der Waals surface area contributed by atoms with Crippen LogP contribution in [0.1, 0.15) is 44.1 Å². The van der Waals surface area contributed by atoms with Gasteiger partial charge < -0.3 is 34.5 Å². The van der Waals surface area contributed by atoms with E-state index in [-0.39, 0.29) is 55.8 Å². The van der Waals surface area contributed by atoms with Crippen molar-refractivity contribution in [2.24, 2.45) is 0 Å². The molecule has 0 aliphatic carbocycles. The molecule has 19 heteroatoms. The first-order chi connectivity index (χ1) is 21.2. The van der Waals surface area contributed by atoms with Crippen molar-refractivity contribution in [3.8, 4) is 5.75 Å². The first-order valence-corrected chi connectivity index (χ1v) is 13.9. The second kappa shape index (κ2) is 18.2. The number of rotatable bonds is 17. The molecular weight excluding hydrogens is 626 g/mol. The molecule has 1 aromatic rings. The largest absolute Gasteiger partial charge is 0.493 e. The number of carbonyl (C=O) groups excluding carboxylic acids is 3. The van der Waals surface area contributed by atoms with Crippen LogP contribution < -0.4 is 15.4 Å². The lowest BCUT2D eigenvalue weighted by atomic mass is 10.2. The van der Waals surface area contributed by atoms with Crippen molar-refractivity contribution in [1.29, 1.82) is 0 Å². The monoisotopic (exact) mass is 660 g/mol. The quantitative estimate of drug-likeness (QED) is 0.109. The average Bonchev–Trinajstić information content (AvgIpc) is 2.98. The highest BCUT2D eigenvalue weighted by Gasteiger charge is 2.39. The Morgan fingerprint density at radius 3 is 2.11 bits per heavy atom. The molecule has 1 heterocycles. The van der Waals surface area contributed by atoms with E-state index in [1.807, 2.05) is 0 Å². The van der Waals surface area contributed by atoms with E-state index in [0.717, 1.165) is 36.3 Å². The molecule has 1 aromatic carbocycles. The van der Waals surface area contributed by atoms with Crippen molar-refractivity contribution >= 4 is 23.6 Å². The molecular formula is C26H34F6N4O9. The molecule has 1 atom stereocenters. The number of halogens is 6. The van der Waals surface area contributed by atoms with Crippen LogP contribution in [-0.4, -0.2) is 92.4 Å². The van der Waals surface area contributed by atoms with Gasteiger partial charge in [0.05, 0.1) is 24.2 Å². The summed E-state index contributed by atoms with van der Waals surface area (Å²) in [5, 5.41) is 14.5. The minimum Gasteiger partial charge on any atom is -0.493 e. The summed E-state index contributed by atoms with van der Waals surface area (Å²) in [7, 11) is 0. The number of benzene rings is 1. The van der Waals surface area contributed by atoms with Crippen LogP contribution in [0, 0.1) is 10.1 Å². The third-order valence-electron chi connectivity index (χ3n) is 6.15. The summed E-state index contributed by atoms with van der Waals surface area (Å²) in [4.78, 5) is 46.4. The maximum absolute atomic E-state index is 12.8. The van der Waals surface area contributed by atoms with Gasteiger partial charge in [0, 0.05) is 50.8 Å². The van der Waals surface area contributed by atoms with Gasteiger partial charge >= 0.3 is 30.3 Å². The van der Waals surface area contributed by atoms with Crippen LogP contribution in [0.25, 0.3) is 0 Å². The van der Waals surface area contributed by atoms with E-state index < -0.39 is 54.9 Å². The highest BCUT2D eigenvalue weighted by molar-refractivity contribution is 5.82. The van der Waals surface area contributed by atoms with Crippen LogP contribution in [0.15, 0.2) is 18.2 Å². The minimum absolute atomic E-state index is 0.0437. The molecule has 1 fully saturated rings. The fraction of sp³-hybridized carbons (Fsp3) is 0.654. The highest BCUT2D eigenvalue weighted by Crippen LogP contribution is 2.26. The van der Waals surface area contributed by atoms with Crippen molar-refractivity contribution < 1.29 is 64.6 Å². The van der Waals surface area contributed by atoms with Crippen LogP contribution in [-0.2, 0) is 30.4 Å². The summed E-state index contributed by atoms with van der Waals surface area (Å²) >= 11 is 0. The molecule has 1 aliphatic rings. The molecule has 0 radical (unpaired) electrons. The second-order valence-electron chi connectivity index (χ2n) is 9.67. The zero-order chi connectivity index (χ0) is 33.5. The Kier molecular flexibility index (Phi) is 15.1. The number of alkyl halides is 6. The molecule has 2 rings (SSSR count). The Morgan fingerprint density at radius 1 is 0.956 bits per heavy atom. The number of hydrogen-bond donors (Lipinski definition) is 2. The van der Waals surface area contributed by atoms with E-state index in [1.165, 1.54) is 6.07 Å². The Balaban J connectivity index is 1.97. The van der Waals surface area contributed by atoms with E-state index in [9.17, 15) is 50.8 Å². The lowest BCUT2D eigenvalue weighted by Gasteiger charge is -2.23. The Hall–Kier alpha value is -3.87. The van der Waals surface area contributed by atoms with E-state index in [0.29, 0.717) is 19.6 Å². The van der Waals surface area contributed by atoms with E-state index >= 15 is 0 Å². The fourth-order valence-electron chi connectivity index (χ4n) is 3.88. The molecule has 2 N–H and O–H groups in total. The normalized spacial score (nSPS) is 15.2. The third kappa shape index (κ3) is 14.2. The van der Waals surface area contributed by atoms with Crippen LogP contribution in [0.3, 0.4) is 0 Å². The number of carbonyl (C=O) groups is 3. The molecule has 13 nitrogen and oxygen atoms in total. The summed E-state index contributed by atoms with van der Waals surface area (Å²) in [6.07, 6.45) is -8.79. The van der Waals surface area contributed by atoms with E-state index in [4.69, 9.17) is 18.9 Å². The number of nitro benzene ring substituents is 1. The third-order valence-corrected chi connectivity index (χ3v) is 6.15. The predicted molar refractivity (Wildman–Crippen MR) is 142 cm³/mol. The number of nitrogens with one attached hydrogen (secondary N) is 2.